The Morgan fingerprint density at radius 3 is 3.20 bits per heavy atom. The fourth-order valence-electron chi connectivity index (χ4n) is 1.49. The Morgan fingerprint density at radius 2 is 2.53 bits per heavy atom. The number of carbonyl (C=O) groups excluding carboxylic acids is 1. The van der Waals surface area contributed by atoms with E-state index in [0.717, 1.165) is 19.4 Å². The van der Waals surface area contributed by atoms with Crippen LogP contribution in [0.25, 0.3) is 0 Å². The SMILES string of the molecule is CC(=O)Oc1nc(CC2CCCO2)no1. The van der Waals surface area contributed by atoms with Crippen LogP contribution in [0, 0.1) is 0 Å². The minimum Gasteiger partial charge on any atom is -0.378 e. The third-order valence-corrected chi connectivity index (χ3v) is 2.11. The van der Waals surface area contributed by atoms with Crippen molar-refractivity contribution in [1.82, 2.24) is 10.1 Å². The fraction of sp³-hybridized carbons (Fsp3) is 0.667. The van der Waals surface area contributed by atoms with Gasteiger partial charge in [0.25, 0.3) is 0 Å². The molecule has 0 radical (unpaired) electrons. The first-order valence-electron chi connectivity index (χ1n) is 4.86. The minimum absolute atomic E-state index is 0.101. The zero-order chi connectivity index (χ0) is 10.7. The zero-order valence-electron chi connectivity index (χ0n) is 8.43. The molecular formula is C9H12N2O4. The van der Waals surface area contributed by atoms with E-state index >= 15 is 0 Å². The molecule has 1 atom stereocenters. The highest BCUT2D eigenvalue weighted by Crippen LogP contribution is 2.17. The summed E-state index contributed by atoms with van der Waals surface area (Å²) in [5, 5.41) is 3.69. The van der Waals surface area contributed by atoms with Gasteiger partial charge in [0.2, 0.25) is 0 Å². The maximum Gasteiger partial charge on any atom is 0.425 e. The second-order valence-electron chi connectivity index (χ2n) is 3.41. The Bertz CT molecular complexity index is 344. The molecule has 0 saturated carbocycles. The molecule has 1 aromatic rings. The van der Waals surface area contributed by atoms with E-state index in [4.69, 9.17) is 9.26 Å². The molecule has 0 aromatic carbocycles. The van der Waals surface area contributed by atoms with Crippen molar-refractivity contribution in [3.63, 3.8) is 0 Å². The van der Waals surface area contributed by atoms with Gasteiger partial charge in [-0.25, -0.2) is 0 Å². The highest BCUT2D eigenvalue weighted by Gasteiger charge is 2.19. The van der Waals surface area contributed by atoms with Gasteiger partial charge in [-0.05, 0) is 12.8 Å². The second-order valence-corrected chi connectivity index (χ2v) is 3.41. The molecule has 1 unspecified atom stereocenters. The summed E-state index contributed by atoms with van der Waals surface area (Å²) >= 11 is 0. The Balaban J connectivity index is 1.91. The highest BCUT2D eigenvalue weighted by atomic mass is 16.7. The first-order chi connectivity index (χ1) is 7.24. The van der Waals surface area contributed by atoms with Crippen molar-refractivity contribution in [2.75, 3.05) is 6.61 Å². The van der Waals surface area contributed by atoms with Gasteiger partial charge in [0.1, 0.15) is 0 Å². The van der Waals surface area contributed by atoms with Gasteiger partial charge in [-0.3, -0.25) is 9.32 Å². The number of ether oxygens (including phenoxy) is 2. The van der Waals surface area contributed by atoms with E-state index < -0.39 is 5.97 Å². The van der Waals surface area contributed by atoms with Gasteiger partial charge in [0, 0.05) is 20.0 Å². The molecule has 2 rings (SSSR count). The second kappa shape index (κ2) is 4.39. The van der Waals surface area contributed by atoms with Gasteiger partial charge >= 0.3 is 12.0 Å². The number of hydrogen-bond acceptors (Lipinski definition) is 6. The van der Waals surface area contributed by atoms with Gasteiger partial charge in [-0.15, -0.1) is 0 Å². The predicted molar refractivity (Wildman–Crippen MR) is 48.3 cm³/mol. The summed E-state index contributed by atoms with van der Waals surface area (Å²) in [6.07, 6.45) is 2.74. The van der Waals surface area contributed by atoms with Crippen LogP contribution < -0.4 is 4.74 Å². The van der Waals surface area contributed by atoms with Gasteiger partial charge in [-0.1, -0.05) is 5.16 Å². The lowest BCUT2D eigenvalue weighted by atomic mass is 10.2. The monoisotopic (exact) mass is 212 g/mol. The summed E-state index contributed by atoms with van der Waals surface area (Å²) in [4.78, 5) is 14.5. The molecule has 6 heteroatoms. The van der Waals surface area contributed by atoms with Crippen LogP contribution in [0.5, 0.6) is 6.08 Å². The average molecular weight is 212 g/mol. The van der Waals surface area contributed by atoms with E-state index in [-0.39, 0.29) is 12.2 Å². The van der Waals surface area contributed by atoms with Crippen molar-refractivity contribution < 1.29 is 18.8 Å². The van der Waals surface area contributed by atoms with Crippen molar-refractivity contribution in [1.29, 1.82) is 0 Å². The Kier molecular flexibility index (Phi) is 2.96. The number of hydrogen-bond donors (Lipinski definition) is 0. The summed E-state index contributed by atoms with van der Waals surface area (Å²) < 4.78 is 14.8. The van der Waals surface area contributed by atoms with Crippen molar-refractivity contribution in [3.05, 3.63) is 5.82 Å². The van der Waals surface area contributed by atoms with E-state index in [2.05, 4.69) is 14.9 Å². The zero-order valence-corrected chi connectivity index (χ0v) is 8.43. The lowest BCUT2D eigenvalue weighted by Gasteiger charge is -2.03. The maximum atomic E-state index is 10.6. The lowest BCUT2D eigenvalue weighted by Crippen LogP contribution is -2.10. The predicted octanol–water partition coefficient (Wildman–Crippen LogP) is 0.716. The smallest absolute Gasteiger partial charge is 0.378 e. The molecule has 2 heterocycles. The molecule has 1 aliphatic heterocycles. The van der Waals surface area contributed by atoms with Crippen LogP contribution in [0.2, 0.25) is 0 Å². The molecule has 0 N–H and O–H groups in total. The third kappa shape index (κ3) is 2.76. The largest absolute Gasteiger partial charge is 0.425 e. The van der Waals surface area contributed by atoms with Crippen LogP contribution in [0.1, 0.15) is 25.6 Å². The molecule has 0 aliphatic carbocycles. The summed E-state index contributed by atoms with van der Waals surface area (Å²) in [6.45, 7) is 2.07. The minimum atomic E-state index is -0.470. The first-order valence-corrected chi connectivity index (χ1v) is 4.86. The highest BCUT2D eigenvalue weighted by molar-refractivity contribution is 5.67. The number of nitrogens with zero attached hydrogens (tertiary/aromatic N) is 2. The summed E-state index contributed by atoms with van der Waals surface area (Å²) in [7, 11) is 0. The molecule has 1 aromatic heterocycles. The van der Waals surface area contributed by atoms with Crippen molar-refractivity contribution in [3.8, 4) is 6.08 Å². The molecule has 0 spiro atoms. The standard InChI is InChI=1S/C9H12N2O4/c1-6(12)14-9-10-8(11-15-9)5-7-3-2-4-13-7/h7H,2-5H2,1H3. The van der Waals surface area contributed by atoms with Crippen molar-refractivity contribution in [2.24, 2.45) is 0 Å². The molecule has 82 valence electrons. The van der Waals surface area contributed by atoms with E-state index in [9.17, 15) is 4.79 Å². The Morgan fingerprint density at radius 1 is 1.67 bits per heavy atom. The molecular weight excluding hydrogens is 200 g/mol. The van der Waals surface area contributed by atoms with Gasteiger partial charge in [-0.2, -0.15) is 4.98 Å². The average Bonchev–Trinajstić information content (AvgIpc) is 2.77. The first kappa shape index (κ1) is 10.1. The molecule has 1 fully saturated rings. The molecule has 0 bridgehead atoms. The number of aromatic nitrogens is 2. The number of carbonyl (C=O) groups is 1. The normalized spacial score (nSPS) is 20.5. The van der Waals surface area contributed by atoms with Gasteiger partial charge in [0.05, 0.1) is 6.10 Å². The number of esters is 1. The molecule has 0 amide bonds. The van der Waals surface area contributed by atoms with Crippen LogP contribution in [0.15, 0.2) is 4.52 Å². The molecule has 15 heavy (non-hydrogen) atoms. The van der Waals surface area contributed by atoms with Crippen molar-refractivity contribution >= 4 is 5.97 Å². The van der Waals surface area contributed by atoms with Gasteiger partial charge in [0.15, 0.2) is 5.82 Å². The molecule has 1 aliphatic rings. The van der Waals surface area contributed by atoms with E-state index in [1.165, 1.54) is 6.92 Å². The van der Waals surface area contributed by atoms with Crippen LogP contribution in [0.4, 0.5) is 0 Å². The summed E-state index contributed by atoms with van der Waals surface area (Å²) in [6, 6.07) is 0. The van der Waals surface area contributed by atoms with E-state index in [1.807, 2.05) is 0 Å². The maximum absolute atomic E-state index is 10.6. The van der Waals surface area contributed by atoms with Crippen LogP contribution in [0.3, 0.4) is 0 Å². The van der Waals surface area contributed by atoms with Crippen LogP contribution in [-0.4, -0.2) is 28.8 Å². The molecule has 1 saturated heterocycles. The van der Waals surface area contributed by atoms with Gasteiger partial charge < -0.3 is 9.47 Å². The Labute approximate surface area is 86.6 Å². The van der Waals surface area contributed by atoms with Crippen molar-refractivity contribution in [2.45, 2.75) is 32.3 Å². The molecule has 6 nitrogen and oxygen atoms in total. The van der Waals surface area contributed by atoms with E-state index in [0.29, 0.717) is 12.2 Å². The Hall–Kier alpha value is -1.43. The fourth-order valence-corrected chi connectivity index (χ4v) is 1.49. The summed E-state index contributed by atoms with van der Waals surface area (Å²) in [5.74, 6) is 0.0421. The quantitative estimate of drug-likeness (QED) is 0.687. The number of rotatable bonds is 3. The topological polar surface area (TPSA) is 74.5 Å². The summed E-state index contributed by atoms with van der Waals surface area (Å²) in [5.41, 5.74) is 0. The lowest BCUT2D eigenvalue weighted by molar-refractivity contribution is -0.133. The van der Waals surface area contributed by atoms with Crippen LogP contribution in [-0.2, 0) is 16.0 Å². The van der Waals surface area contributed by atoms with Crippen LogP contribution >= 0.6 is 0 Å². The van der Waals surface area contributed by atoms with E-state index in [1.54, 1.807) is 0 Å². The third-order valence-electron chi connectivity index (χ3n) is 2.11.